The van der Waals surface area contributed by atoms with Crippen LogP contribution in [0.2, 0.25) is 5.15 Å². The monoisotopic (exact) mass is 286 g/mol. The molecule has 0 spiro atoms. The molecule has 0 saturated carbocycles. The van der Waals surface area contributed by atoms with E-state index >= 15 is 0 Å². The highest BCUT2D eigenvalue weighted by molar-refractivity contribution is 9.10. The largest absolute Gasteiger partial charge is 0.390 e. The molecule has 0 bridgehead atoms. The summed E-state index contributed by atoms with van der Waals surface area (Å²) in [5, 5.41) is 9.27. The van der Waals surface area contributed by atoms with Gasteiger partial charge in [0.15, 0.2) is 5.15 Å². The normalized spacial score (nSPS) is 10.6. The lowest BCUT2D eigenvalue weighted by Gasteiger charge is -1.96. The molecule has 2 N–H and O–H groups in total. The molecule has 78 valence electrons. The number of rotatable bonds is 2. The molecule has 5 heteroatoms. The van der Waals surface area contributed by atoms with Crippen molar-refractivity contribution in [3.05, 3.63) is 39.6 Å². The van der Waals surface area contributed by atoms with Crippen LogP contribution in [-0.2, 0) is 6.61 Å². The average Bonchev–Trinajstić information content (AvgIpc) is 2.61. The number of aliphatic hydroxyl groups excluding tert-OH is 1. The van der Waals surface area contributed by atoms with Crippen LogP contribution in [0, 0.1) is 0 Å². The molecule has 0 unspecified atom stereocenters. The van der Waals surface area contributed by atoms with Gasteiger partial charge >= 0.3 is 0 Å². The van der Waals surface area contributed by atoms with E-state index in [2.05, 4.69) is 25.9 Å². The Bertz CT molecular complexity index is 467. The van der Waals surface area contributed by atoms with E-state index in [1.165, 1.54) is 0 Å². The van der Waals surface area contributed by atoms with Crippen LogP contribution in [0.15, 0.2) is 28.7 Å². The van der Waals surface area contributed by atoms with E-state index in [4.69, 9.17) is 16.7 Å². The van der Waals surface area contributed by atoms with Crippen LogP contribution in [0.4, 0.5) is 0 Å². The predicted molar refractivity (Wildman–Crippen MR) is 62.7 cm³/mol. The topological polar surface area (TPSA) is 48.9 Å². The van der Waals surface area contributed by atoms with Gasteiger partial charge in [-0.15, -0.1) is 0 Å². The van der Waals surface area contributed by atoms with Crippen molar-refractivity contribution < 1.29 is 5.11 Å². The van der Waals surface area contributed by atoms with Crippen LogP contribution in [0.5, 0.6) is 0 Å². The third-order valence-corrected chi connectivity index (χ3v) is 2.85. The minimum atomic E-state index is -0.137. The molecule has 1 aromatic carbocycles. The highest BCUT2D eigenvalue weighted by atomic mass is 79.9. The van der Waals surface area contributed by atoms with Crippen LogP contribution < -0.4 is 0 Å². The molecule has 0 atom stereocenters. The van der Waals surface area contributed by atoms with Crippen molar-refractivity contribution in [2.24, 2.45) is 0 Å². The minimum Gasteiger partial charge on any atom is -0.390 e. The van der Waals surface area contributed by atoms with Crippen molar-refractivity contribution in [2.75, 3.05) is 0 Å². The molecule has 15 heavy (non-hydrogen) atoms. The Morgan fingerprint density at radius 1 is 1.33 bits per heavy atom. The number of aromatic nitrogens is 2. The lowest BCUT2D eigenvalue weighted by molar-refractivity contribution is 0.277. The zero-order chi connectivity index (χ0) is 10.8. The van der Waals surface area contributed by atoms with E-state index in [1.807, 2.05) is 24.3 Å². The fraction of sp³-hybridized carbons (Fsp3) is 0.100. The van der Waals surface area contributed by atoms with Gasteiger partial charge in [0.05, 0.1) is 12.3 Å². The molecule has 3 nitrogen and oxygen atoms in total. The molecule has 0 fully saturated rings. The van der Waals surface area contributed by atoms with E-state index in [9.17, 15) is 0 Å². The maximum absolute atomic E-state index is 8.96. The van der Waals surface area contributed by atoms with Crippen LogP contribution in [-0.4, -0.2) is 15.1 Å². The lowest BCUT2D eigenvalue weighted by atomic mass is 10.2. The first-order valence-electron chi connectivity index (χ1n) is 4.32. The zero-order valence-electron chi connectivity index (χ0n) is 7.67. The molecular formula is C10H8BrClN2O. The molecule has 1 heterocycles. The Labute approximate surface area is 100 Å². The number of benzene rings is 1. The summed E-state index contributed by atoms with van der Waals surface area (Å²) in [6.07, 6.45) is 0. The van der Waals surface area contributed by atoms with Crippen molar-refractivity contribution >= 4 is 27.5 Å². The number of hydrogen-bond acceptors (Lipinski definition) is 2. The Morgan fingerprint density at radius 3 is 2.53 bits per heavy atom. The van der Waals surface area contributed by atoms with Crippen LogP contribution in [0.1, 0.15) is 5.69 Å². The van der Waals surface area contributed by atoms with Gasteiger partial charge in [0.25, 0.3) is 0 Å². The predicted octanol–water partition coefficient (Wildman–Crippen LogP) is 2.98. The van der Waals surface area contributed by atoms with Crippen LogP contribution in [0.25, 0.3) is 11.4 Å². The summed E-state index contributed by atoms with van der Waals surface area (Å²) in [6.45, 7) is -0.137. The number of imidazole rings is 1. The van der Waals surface area contributed by atoms with E-state index in [-0.39, 0.29) is 6.61 Å². The second-order valence-corrected chi connectivity index (χ2v) is 4.29. The van der Waals surface area contributed by atoms with Crippen molar-refractivity contribution in [2.45, 2.75) is 6.61 Å². The van der Waals surface area contributed by atoms with Crippen molar-refractivity contribution in [3.63, 3.8) is 0 Å². The Hall–Kier alpha value is -0.840. The minimum absolute atomic E-state index is 0.137. The summed E-state index contributed by atoms with van der Waals surface area (Å²) in [4.78, 5) is 7.07. The van der Waals surface area contributed by atoms with E-state index in [1.54, 1.807) is 0 Å². The van der Waals surface area contributed by atoms with Crippen LogP contribution >= 0.6 is 27.5 Å². The third kappa shape index (κ3) is 2.22. The summed E-state index contributed by atoms with van der Waals surface area (Å²) in [5.74, 6) is 0.663. The molecular weight excluding hydrogens is 279 g/mol. The first kappa shape index (κ1) is 10.7. The number of hydrogen-bond donors (Lipinski definition) is 2. The first-order valence-corrected chi connectivity index (χ1v) is 5.49. The molecule has 1 aromatic heterocycles. The second kappa shape index (κ2) is 4.35. The second-order valence-electron chi connectivity index (χ2n) is 3.02. The standard InChI is InChI=1S/C10H8BrClN2O/c11-7-3-1-6(2-4-7)10-13-8(5-15)9(12)14-10/h1-4,15H,5H2,(H,13,14). The first-order chi connectivity index (χ1) is 7.20. The van der Waals surface area contributed by atoms with Gasteiger partial charge in [-0.3, -0.25) is 0 Å². The summed E-state index contributed by atoms with van der Waals surface area (Å²) in [6, 6.07) is 7.68. The van der Waals surface area contributed by atoms with Crippen molar-refractivity contribution in [3.8, 4) is 11.4 Å². The summed E-state index contributed by atoms with van der Waals surface area (Å²) in [7, 11) is 0. The molecule has 2 rings (SSSR count). The number of nitrogens with zero attached hydrogens (tertiary/aromatic N) is 1. The van der Waals surface area contributed by atoms with Gasteiger partial charge in [-0.2, -0.15) is 0 Å². The highest BCUT2D eigenvalue weighted by Crippen LogP contribution is 2.22. The van der Waals surface area contributed by atoms with Crippen LogP contribution in [0.3, 0.4) is 0 Å². The number of halogens is 2. The summed E-state index contributed by atoms with van der Waals surface area (Å²) in [5.41, 5.74) is 1.47. The SMILES string of the molecule is OCc1[nH]c(-c2ccc(Br)cc2)nc1Cl. The molecule has 0 aliphatic heterocycles. The third-order valence-electron chi connectivity index (χ3n) is 2.00. The summed E-state index contributed by atoms with van der Waals surface area (Å²) >= 11 is 9.17. The molecule has 0 radical (unpaired) electrons. The zero-order valence-corrected chi connectivity index (χ0v) is 10.0. The number of aromatic amines is 1. The van der Waals surface area contributed by atoms with Gasteiger partial charge in [0, 0.05) is 10.0 Å². The molecule has 0 saturated heterocycles. The smallest absolute Gasteiger partial charge is 0.153 e. The Kier molecular flexibility index (Phi) is 3.09. The van der Waals surface area contributed by atoms with E-state index in [0.29, 0.717) is 16.7 Å². The summed E-state index contributed by atoms with van der Waals surface area (Å²) < 4.78 is 1.01. The van der Waals surface area contributed by atoms with Gasteiger partial charge in [-0.25, -0.2) is 4.98 Å². The molecule has 0 aliphatic rings. The van der Waals surface area contributed by atoms with Crippen molar-refractivity contribution in [1.29, 1.82) is 0 Å². The van der Waals surface area contributed by atoms with Gasteiger partial charge < -0.3 is 10.1 Å². The number of nitrogens with one attached hydrogen (secondary N) is 1. The number of aliphatic hydroxyl groups is 1. The van der Waals surface area contributed by atoms with Gasteiger partial charge in [-0.05, 0) is 12.1 Å². The van der Waals surface area contributed by atoms with Gasteiger partial charge in [0.2, 0.25) is 0 Å². The van der Waals surface area contributed by atoms with E-state index < -0.39 is 0 Å². The number of H-pyrrole nitrogens is 1. The average molecular weight is 288 g/mol. The van der Waals surface area contributed by atoms with Crippen molar-refractivity contribution in [1.82, 2.24) is 9.97 Å². The maximum atomic E-state index is 8.96. The van der Waals surface area contributed by atoms with Gasteiger partial charge in [0.1, 0.15) is 5.82 Å². The molecule has 0 amide bonds. The Balaban J connectivity index is 2.41. The molecule has 2 aromatic rings. The quantitative estimate of drug-likeness (QED) is 0.892. The van der Waals surface area contributed by atoms with E-state index in [0.717, 1.165) is 10.0 Å². The fourth-order valence-electron chi connectivity index (χ4n) is 1.24. The lowest BCUT2D eigenvalue weighted by Crippen LogP contribution is -1.83. The molecule has 0 aliphatic carbocycles. The fourth-order valence-corrected chi connectivity index (χ4v) is 1.69. The van der Waals surface area contributed by atoms with Gasteiger partial charge in [-0.1, -0.05) is 39.7 Å². The maximum Gasteiger partial charge on any atom is 0.153 e. The highest BCUT2D eigenvalue weighted by Gasteiger charge is 2.08. The Morgan fingerprint density at radius 2 is 2.00 bits per heavy atom.